The molecule has 0 N–H and O–H groups in total. The lowest BCUT2D eigenvalue weighted by atomic mass is 10.0. The van der Waals surface area contributed by atoms with Gasteiger partial charge in [0.1, 0.15) is 17.2 Å². The van der Waals surface area contributed by atoms with Crippen LogP contribution in [0.3, 0.4) is 0 Å². The van der Waals surface area contributed by atoms with Gasteiger partial charge < -0.3 is 23.7 Å². The third-order valence-corrected chi connectivity index (χ3v) is 6.14. The van der Waals surface area contributed by atoms with Crippen molar-refractivity contribution in [3.63, 3.8) is 0 Å². The molecule has 0 saturated heterocycles. The lowest BCUT2D eigenvalue weighted by Crippen LogP contribution is -2.09. The first-order chi connectivity index (χ1) is 17.6. The Morgan fingerprint density at radius 2 is 1.33 bits per heavy atom. The number of unbranched alkanes of at least 4 members (excludes halogenated alkanes) is 7. The molecule has 198 valence electrons. The molecule has 5 heteroatoms. The summed E-state index contributed by atoms with van der Waals surface area (Å²) in [4.78, 5) is 0. The van der Waals surface area contributed by atoms with Crippen molar-refractivity contribution in [3.05, 3.63) is 42.0 Å². The largest absolute Gasteiger partial charge is 0.493 e. The van der Waals surface area contributed by atoms with Gasteiger partial charge in [0.15, 0.2) is 13.6 Å². The lowest BCUT2D eigenvalue weighted by molar-refractivity contribution is 0.0499. The average molecular weight is 497 g/mol. The fourth-order valence-electron chi connectivity index (χ4n) is 4.08. The smallest absolute Gasteiger partial charge is 0.188 e. The minimum atomic E-state index is 0.118. The van der Waals surface area contributed by atoms with E-state index in [-0.39, 0.29) is 13.6 Å². The second kappa shape index (κ2) is 17.7. The molecule has 2 aromatic rings. The number of methoxy groups -OCH3 is 2. The Balaban J connectivity index is 1.99. The molecule has 0 heterocycles. The van der Waals surface area contributed by atoms with E-state index >= 15 is 0 Å². The van der Waals surface area contributed by atoms with E-state index < -0.39 is 0 Å². The van der Waals surface area contributed by atoms with Crippen LogP contribution in [0.5, 0.6) is 17.2 Å². The van der Waals surface area contributed by atoms with Gasteiger partial charge in [0, 0.05) is 37.0 Å². The highest BCUT2D eigenvalue weighted by atomic mass is 16.7. The van der Waals surface area contributed by atoms with Gasteiger partial charge in [-0.1, -0.05) is 71.1 Å². The summed E-state index contributed by atoms with van der Waals surface area (Å²) in [5.41, 5.74) is 2.45. The molecule has 0 spiro atoms. The van der Waals surface area contributed by atoms with Gasteiger partial charge in [-0.2, -0.15) is 0 Å². The summed E-state index contributed by atoms with van der Waals surface area (Å²) in [5.74, 6) is 5.20. The standard InChI is InChI=1S/C31H44O5/c1-6-8-9-10-11-12-13-14-15-25(3)22-34-27-17-19-29(31(21-27)36-24-33-5)28-18-16-26(7-2)20-30(28)35-23-32-4/h2,16-21,25H,6,8-15,22-24H2,1,3-5H3/t25-/m0/s1. The van der Waals surface area contributed by atoms with E-state index in [0.717, 1.165) is 22.4 Å². The Morgan fingerprint density at radius 1 is 0.750 bits per heavy atom. The molecule has 0 fully saturated rings. The van der Waals surface area contributed by atoms with Gasteiger partial charge in [-0.15, -0.1) is 6.42 Å². The predicted molar refractivity (Wildman–Crippen MR) is 147 cm³/mol. The average Bonchev–Trinajstić information content (AvgIpc) is 2.91. The third kappa shape index (κ3) is 10.5. The van der Waals surface area contributed by atoms with E-state index in [9.17, 15) is 0 Å². The van der Waals surface area contributed by atoms with Gasteiger partial charge in [0.2, 0.25) is 0 Å². The quantitative estimate of drug-likeness (QED) is 0.113. The minimum Gasteiger partial charge on any atom is -0.493 e. The van der Waals surface area contributed by atoms with Crippen LogP contribution in [0.15, 0.2) is 36.4 Å². The molecular formula is C31H44O5. The molecule has 0 bridgehead atoms. The summed E-state index contributed by atoms with van der Waals surface area (Å²) in [6.07, 6.45) is 17.5. The number of hydrogen-bond donors (Lipinski definition) is 0. The fourth-order valence-corrected chi connectivity index (χ4v) is 4.08. The molecule has 2 rings (SSSR count). The number of terminal acetylenes is 1. The Hall–Kier alpha value is -2.68. The first-order valence-electron chi connectivity index (χ1n) is 13.2. The number of benzene rings is 2. The van der Waals surface area contributed by atoms with Crippen molar-refractivity contribution >= 4 is 0 Å². The summed E-state index contributed by atoms with van der Waals surface area (Å²) >= 11 is 0. The van der Waals surface area contributed by atoms with Crippen molar-refractivity contribution in [1.29, 1.82) is 0 Å². The van der Waals surface area contributed by atoms with Crippen LogP contribution in [-0.2, 0) is 9.47 Å². The van der Waals surface area contributed by atoms with Crippen molar-refractivity contribution in [1.82, 2.24) is 0 Å². The maximum atomic E-state index is 6.13. The molecule has 0 amide bonds. The number of ether oxygens (including phenoxy) is 5. The monoisotopic (exact) mass is 496 g/mol. The van der Waals surface area contributed by atoms with E-state index in [0.29, 0.717) is 24.0 Å². The summed E-state index contributed by atoms with van der Waals surface area (Å²) < 4.78 is 28.1. The summed E-state index contributed by atoms with van der Waals surface area (Å²) in [5, 5.41) is 0. The normalized spacial score (nSPS) is 11.6. The van der Waals surface area contributed by atoms with Crippen molar-refractivity contribution in [2.24, 2.45) is 5.92 Å². The molecule has 0 aromatic heterocycles. The van der Waals surface area contributed by atoms with Gasteiger partial charge in [-0.3, -0.25) is 0 Å². The second-order valence-corrected chi connectivity index (χ2v) is 9.29. The van der Waals surface area contributed by atoms with Crippen LogP contribution in [0.25, 0.3) is 11.1 Å². The van der Waals surface area contributed by atoms with Crippen molar-refractivity contribution in [2.75, 3.05) is 34.4 Å². The zero-order valence-corrected chi connectivity index (χ0v) is 22.6. The van der Waals surface area contributed by atoms with E-state index in [2.05, 4.69) is 19.8 Å². The van der Waals surface area contributed by atoms with Crippen LogP contribution in [0.2, 0.25) is 0 Å². The molecular weight excluding hydrogens is 452 g/mol. The molecule has 0 aliphatic carbocycles. The van der Waals surface area contributed by atoms with Gasteiger partial charge in [-0.25, -0.2) is 0 Å². The van der Waals surface area contributed by atoms with Gasteiger partial charge >= 0.3 is 0 Å². The van der Waals surface area contributed by atoms with Gasteiger partial charge in [0.05, 0.1) is 6.61 Å². The van der Waals surface area contributed by atoms with E-state index in [1.54, 1.807) is 14.2 Å². The van der Waals surface area contributed by atoms with Crippen molar-refractivity contribution in [2.45, 2.75) is 71.6 Å². The topological polar surface area (TPSA) is 46.2 Å². The van der Waals surface area contributed by atoms with Crippen molar-refractivity contribution < 1.29 is 23.7 Å². The second-order valence-electron chi connectivity index (χ2n) is 9.29. The molecule has 0 radical (unpaired) electrons. The van der Waals surface area contributed by atoms with Crippen LogP contribution in [0.1, 0.15) is 77.2 Å². The first kappa shape index (κ1) is 29.5. The highest BCUT2D eigenvalue weighted by Gasteiger charge is 2.15. The molecule has 0 unspecified atom stereocenters. The van der Waals surface area contributed by atoms with Crippen LogP contribution >= 0.6 is 0 Å². The molecule has 0 aliphatic rings. The van der Waals surface area contributed by atoms with E-state index in [4.69, 9.17) is 30.1 Å². The minimum absolute atomic E-state index is 0.118. The van der Waals surface area contributed by atoms with Crippen LogP contribution in [-0.4, -0.2) is 34.4 Å². The lowest BCUT2D eigenvalue weighted by Gasteiger charge is -2.18. The number of rotatable bonds is 19. The van der Waals surface area contributed by atoms with Crippen LogP contribution in [0.4, 0.5) is 0 Å². The number of hydrogen-bond acceptors (Lipinski definition) is 5. The Labute approximate surface area is 218 Å². The highest BCUT2D eigenvalue weighted by molar-refractivity contribution is 5.77. The Morgan fingerprint density at radius 3 is 1.94 bits per heavy atom. The maximum Gasteiger partial charge on any atom is 0.188 e. The summed E-state index contributed by atoms with van der Waals surface area (Å²) in [7, 11) is 3.18. The highest BCUT2D eigenvalue weighted by Crippen LogP contribution is 2.39. The van der Waals surface area contributed by atoms with Crippen LogP contribution < -0.4 is 14.2 Å². The zero-order valence-electron chi connectivity index (χ0n) is 22.6. The molecule has 0 aliphatic heterocycles. The summed E-state index contributed by atoms with van der Waals surface area (Å²) in [6, 6.07) is 11.5. The molecule has 0 saturated carbocycles. The fraction of sp³-hybridized carbons (Fsp3) is 0.548. The Bertz CT molecular complexity index is 918. The molecule has 5 nitrogen and oxygen atoms in total. The van der Waals surface area contributed by atoms with Gasteiger partial charge in [-0.05, 0) is 42.7 Å². The maximum absolute atomic E-state index is 6.13. The van der Waals surface area contributed by atoms with Crippen LogP contribution in [0, 0.1) is 18.3 Å². The molecule has 2 aromatic carbocycles. The zero-order chi connectivity index (χ0) is 26.0. The third-order valence-electron chi connectivity index (χ3n) is 6.14. The predicted octanol–water partition coefficient (Wildman–Crippen LogP) is 7.85. The summed E-state index contributed by atoms with van der Waals surface area (Å²) in [6.45, 7) is 5.44. The molecule has 1 atom stereocenters. The van der Waals surface area contributed by atoms with Gasteiger partial charge in [0.25, 0.3) is 0 Å². The Kier molecular flexibility index (Phi) is 14.5. The van der Waals surface area contributed by atoms with Crippen molar-refractivity contribution in [3.8, 4) is 40.7 Å². The molecule has 36 heavy (non-hydrogen) atoms. The first-order valence-corrected chi connectivity index (χ1v) is 13.2. The van der Waals surface area contributed by atoms with E-state index in [1.165, 1.54) is 57.8 Å². The SMILES string of the molecule is C#Cc1ccc(-c2ccc(OC[C@@H](C)CCCCCCCCCC)cc2OCOC)c(OCOC)c1. The van der Waals surface area contributed by atoms with E-state index in [1.807, 2.05) is 36.4 Å².